The molecule has 0 unspecified atom stereocenters. The molecule has 2 atom stereocenters. The van der Waals surface area contributed by atoms with Crippen molar-refractivity contribution in [1.29, 1.82) is 0 Å². The van der Waals surface area contributed by atoms with Gasteiger partial charge in [-0.1, -0.05) is 0 Å². The minimum Gasteiger partial charge on any atom is -0.324 e. The Hall–Kier alpha value is 0.360. The predicted molar refractivity (Wildman–Crippen MR) is 43.6 cm³/mol. The topological polar surface area (TPSA) is 9.23 Å². The van der Waals surface area contributed by atoms with Gasteiger partial charge in [-0.15, -0.1) is 0 Å². The van der Waals surface area contributed by atoms with Gasteiger partial charge in [0.05, 0.1) is 0 Å². The van der Waals surface area contributed by atoms with Crippen molar-refractivity contribution >= 4 is 31.9 Å². The Bertz CT molecular complexity index is 244. The van der Waals surface area contributed by atoms with Crippen molar-refractivity contribution in [2.45, 2.75) is 21.7 Å². The molecule has 0 saturated carbocycles. The molecule has 0 radical (unpaired) electrons. The van der Waals surface area contributed by atoms with Crippen LogP contribution in [0.2, 0.25) is 0 Å². The van der Waals surface area contributed by atoms with Crippen LogP contribution in [0.15, 0.2) is 0 Å². The van der Waals surface area contributed by atoms with Gasteiger partial charge in [0.25, 0.3) is 0 Å². The molecule has 11 heteroatoms. The van der Waals surface area contributed by atoms with Gasteiger partial charge in [-0.3, -0.25) is 0 Å². The molecule has 0 rings (SSSR count). The van der Waals surface area contributed by atoms with Gasteiger partial charge >= 0.3 is 21.7 Å². The average Bonchev–Trinajstić information content (AvgIpc) is 1.97. The third-order valence-electron chi connectivity index (χ3n) is 1.14. The van der Waals surface area contributed by atoms with Gasteiger partial charge in [0, 0.05) is 0 Å². The van der Waals surface area contributed by atoms with Crippen molar-refractivity contribution in [3.63, 3.8) is 0 Å². The molecule has 98 valence electrons. The monoisotopic (exact) mass is 388 g/mol. The first kappa shape index (κ1) is 16.4. The summed E-state index contributed by atoms with van der Waals surface area (Å²) in [5, 5.41) is 0. The number of ether oxygens (including phenoxy) is 1. The van der Waals surface area contributed by atoms with Crippen LogP contribution in [0.3, 0.4) is 0 Å². The van der Waals surface area contributed by atoms with Gasteiger partial charge in [-0.25, -0.2) is 4.39 Å². The van der Waals surface area contributed by atoms with Gasteiger partial charge in [0.1, 0.15) is 6.61 Å². The molecule has 0 aliphatic carbocycles. The zero-order valence-electron chi connectivity index (χ0n) is 6.89. The van der Waals surface area contributed by atoms with Crippen molar-refractivity contribution in [1.82, 2.24) is 0 Å². The first-order valence-electron chi connectivity index (χ1n) is 3.24. The molecule has 0 aliphatic heterocycles. The summed E-state index contributed by atoms with van der Waals surface area (Å²) in [5.41, 5.74) is 0. The molecule has 0 N–H and O–H groups in total. The highest BCUT2D eigenvalue weighted by Crippen LogP contribution is 2.52. The second-order valence-electron chi connectivity index (χ2n) is 2.49. The molecule has 0 aromatic carbocycles. The Labute approximate surface area is 100 Å². The molecule has 0 aromatic heterocycles. The quantitative estimate of drug-likeness (QED) is 0.519. The number of alkyl halides is 10. The van der Waals surface area contributed by atoms with Crippen LogP contribution in [0.5, 0.6) is 0 Å². The van der Waals surface area contributed by atoms with Gasteiger partial charge in [-0.05, 0) is 31.9 Å². The van der Waals surface area contributed by atoms with Crippen molar-refractivity contribution in [3.05, 3.63) is 0 Å². The molecule has 0 aromatic rings. The minimum absolute atomic E-state index is 1.29. The van der Waals surface area contributed by atoms with Crippen LogP contribution < -0.4 is 0 Å². The molecule has 0 aliphatic rings. The molecule has 0 saturated heterocycles. The van der Waals surface area contributed by atoms with Gasteiger partial charge in [-0.2, -0.15) is 30.7 Å². The summed E-state index contributed by atoms with van der Waals surface area (Å²) in [4.78, 5) is 0. The van der Waals surface area contributed by atoms with E-state index in [1.807, 2.05) is 0 Å². The zero-order chi connectivity index (χ0) is 13.4. The summed E-state index contributed by atoms with van der Waals surface area (Å²) in [6.45, 7) is -2.39. The van der Waals surface area contributed by atoms with Crippen LogP contribution in [-0.4, -0.2) is 28.3 Å². The second kappa shape index (κ2) is 4.56. The maximum absolute atomic E-state index is 12.9. The Morgan fingerprint density at radius 1 is 0.812 bits per heavy atom. The van der Waals surface area contributed by atoms with Crippen LogP contribution in [0.25, 0.3) is 0 Å². The zero-order valence-corrected chi connectivity index (χ0v) is 10.1. The van der Waals surface area contributed by atoms with E-state index in [0.29, 0.717) is 0 Å². The van der Waals surface area contributed by atoms with Gasteiger partial charge in [0.2, 0.25) is 0 Å². The smallest absolute Gasteiger partial charge is 0.324 e. The van der Waals surface area contributed by atoms with E-state index in [-0.39, 0.29) is 0 Å². The normalized spacial score (nSPS) is 21.4. The van der Waals surface area contributed by atoms with Crippen LogP contribution in [0.1, 0.15) is 0 Å². The fourth-order valence-electron chi connectivity index (χ4n) is 0.428. The summed E-state index contributed by atoms with van der Waals surface area (Å²) in [7, 11) is 0. The predicted octanol–water partition coefficient (Wildman–Crippen LogP) is 4.21. The molecule has 0 spiro atoms. The fraction of sp³-hybridized carbons (Fsp3) is 1.00. The molecule has 0 fully saturated rings. The largest absolute Gasteiger partial charge is 0.439 e. The van der Waals surface area contributed by atoms with E-state index in [4.69, 9.17) is 0 Å². The summed E-state index contributed by atoms with van der Waals surface area (Å²) < 4.78 is 90.0. The van der Waals surface area contributed by atoms with E-state index in [1.165, 1.54) is 31.9 Å². The van der Waals surface area contributed by atoms with Crippen LogP contribution in [0.4, 0.5) is 35.1 Å². The third-order valence-corrected chi connectivity index (χ3v) is 3.41. The van der Waals surface area contributed by atoms with E-state index < -0.39 is 28.3 Å². The first-order chi connectivity index (χ1) is 6.71. The average molecular weight is 390 g/mol. The Kier molecular flexibility index (Phi) is 4.66. The number of hydrogen-bond acceptors (Lipinski definition) is 1. The maximum atomic E-state index is 12.9. The van der Waals surface area contributed by atoms with E-state index in [2.05, 4.69) is 4.74 Å². The van der Waals surface area contributed by atoms with Gasteiger partial charge in [0.15, 0.2) is 0 Å². The standard InChI is InChI=1S/C5H2Br2F8O/c6-3(11,5(13,14)15)4(7,12)16-1-2(8,9)10/h1H2/t3-,4-/m0/s1. The highest BCUT2D eigenvalue weighted by Gasteiger charge is 2.69. The molecule has 1 nitrogen and oxygen atoms in total. The third kappa shape index (κ3) is 3.99. The molecule has 0 bridgehead atoms. The SMILES string of the molecule is FC(F)(F)CO[C@](F)(Br)[C@@](F)(Br)C(F)(F)F. The molecular formula is C5H2Br2F8O. The highest BCUT2D eigenvalue weighted by molar-refractivity contribution is 9.12. The molecule has 0 heterocycles. The van der Waals surface area contributed by atoms with E-state index in [9.17, 15) is 35.1 Å². The lowest BCUT2D eigenvalue weighted by atomic mass is 10.4. The van der Waals surface area contributed by atoms with E-state index in [0.717, 1.165) is 0 Å². The molecular weight excluding hydrogens is 388 g/mol. The number of halogens is 10. The number of hydrogen-bond donors (Lipinski definition) is 0. The van der Waals surface area contributed by atoms with Crippen LogP contribution in [-0.2, 0) is 4.74 Å². The van der Waals surface area contributed by atoms with Crippen LogP contribution in [0, 0.1) is 0 Å². The highest BCUT2D eigenvalue weighted by atomic mass is 79.9. The summed E-state index contributed by atoms with van der Waals surface area (Å²) >= 11 is 2.75. The van der Waals surface area contributed by atoms with E-state index >= 15 is 0 Å². The molecule has 0 amide bonds. The Morgan fingerprint density at radius 3 is 1.44 bits per heavy atom. The lowest BCUT2D eigenvalue weighted by molar-refractivity contribution is -0.281. The van der Waals surface area contributed by atoms with Crippen molar-refractivity contribution < 1.29 is 39.9 Å². The van der Waals surface area contributed by atoms with Crippen molar-refractivity contribution in [3.8, 4) is 0 Å². The minimum atomic E-state index is -5.81. The fourth-order valence-corrected chi connectivity index (χ4v) is 0.882. The van der Waals surface area contributed by atoms with Crippen LogP contribution >= 0.6 is 31.9 Å². The Morgan fingerprint density at radius 2 is 1.19 bits per heavy atom. The summed E-state index contributed by atoms with van der Waals surface area (Å²) in [6, 6.07) is 0. The summed E-state index contributed by atoms with van der Waals surface area (Å²) in [5.74, 6) is 0. The van der Waals surface area contributed by atoms with Crippen molar-refractivity contribution in [2.24, 2.45) is 0 Å². The number of rotatable bonds is 3. The second-order valence-corrected chi connectivity index (χ2v) is 4.61. The maximum Gasteiger partial charge on any atom is 0.439 e. The summed E-state index contributed by atoms with van der Waals surface area (Å²) in [6.07, 6.45) is -10.9. The lowest BCUT2D eigenvalue weighted by Crippen LogP contribution is -2.51. The van der Waals surface area contributed by atoms with Gasteiger partial charge < -0.3 is 4.74 Å². The van der Waals surface area contributed by atoms with Crippen molar-refractivity contribution in [2.75, 3.05) is 6.61 Å². The first-order valence-corrected chi connectivity index (χ1v) is 4.82. The Balaban J connectivity index is 4.79. The molecule has 16 heavy (non-hydrogen) atoms. The lowest BCUT2D eigenvalue weighted by Gasteiger charge is -2.31. The van der Waals surface area contributed by atoms with E-state index in [1.54, 1.807) is 0 Å².